The number of nitrogen functional groups attached to an aromatic ring is 1. The molecule has 0 heterocycles. The van der Waals surface area contributed by atoms with Gasteiger partial charge < -0.3 is 15.8 Å². The van der Waals surface area contributed by atoms with Crippen LogP contribution in [0.15, 0.2) is 36.4 Å². The highest BCUT2D eigenvalue weighted by Gasteiger charge is 2.10. The molecule has 2 rings (SSSR count). The summed E-state index contributed by atoms with van der Waals surface area (Å²) in [4.78, 5) is 12.0. The van der Waals surface area contributed by atoms with E-state index in [1.807, 2.05) is 0 Å². The van der Waals surface area contributed by atoms with Crippen molar-refractivity contribution in [3.05, 3.63) is 52.8 Å². The number of amides is 1. The van der Waals surface area contributed by atoms with E-state index in [9.17, 15) is 9.18 Å². The van der Waals surface area contributed by atoms with Gasteiger partial charge in [0.25, 0.3) is 5.91 Å². The SMILES string of the molecule is COc1cc(NC(=O)c2cc(N)cc(F)c2)ccc1Cl. The number of nitrogens with two attached hydrogens (primary N) is 1. The minimum absolute atomic E-state index is 0.136. The quantitative estimate of drug-likeness (QED) is 0.854. The number of carbonyl (C=O) groups excluding carboxylic acids is 1. The van der Waals surface area contributed by atoms with E-state index in [0.717, 1.165) is 12.1 Å². The number of methoxy groups -OCH3 is 1. The standard InChI is InChI=1S/C14H12ClFN2O2/c1-20-13-7-11(2-3-12(13)15)18-14(19)8-4-9(16)6-10(17)5-8/h2-7H,17H2,1H3,(H,18,19). The van der Waals surface area contributed by atoms with Gasteiger partial charge in [-0.2, -0.15) is 0 Å². The number of halogens is 2. The number of nitrogens with one attached hydrogen (secondary N) is 1. The maximum atomic E-state index is 13.2. The van der Waals surface area contributed by atoms with Crippen LogP contribution in [0.25, 0.3) is 0 Å². The van der Waals surface area contributed by atoms with Gasteiger partial charge in [0.05, 0.1) is 12.1 Å². The molecule has 6 heteroatoms. The number of ether oxygens (including phenoxy) is 1. The normalized spacial score (nSPS) is 10.2. The second-order valence-corrected chi connectivity index (χ2v) is 4.48. The summed E-state index contributed by atoms with van der Waals surface area (Å²) < 4.78 is 18.2. The summed E-state index contributed by atoms with van der Waals surface area (Å²) in [6, 6.07) is 8.43. The fourth-order valence-corrected chi connectivity index (χ4v) is 1.88. The van der Waals surface area contributed by atoms with Gasteiger partial charge in [-0.25, -0.2) is 4.39 Å². The van der Waals surface area contributed by atoms with Crippen molar-refractivity contribution in [2.24, 2.45) is 0 Å². The van der Waals surface area contributed by atoms with Crippen LogP contribution < -0.4 is 15.8 Å². The highest BCUT2D eigenvalue weighted by Crippen LogP contribution is 2.27. The van der Waals surface area contributed by atoms with Gasteiger partial charge in [-0.05, 0) is 30.3 Å². The van der Waals surface area contributed by atoms with E-state index in [2.05, 4.69) is 5.32 Å². The van der Waals surface area contributed by atoms with Crippen molar-refractivity contribution in [1.29, 1.82) is 0 Å². The molecule has 4 nitrogen and oxygen atoms in total. The third-order valence-electron chi connectivity index (χ3n) is 2.59. The Bertz CT molecular complexity index is 641. The third kappa shape index (κ3) is 3.19. The van der Waals surface area contributed by atoms with Crippen molar-refractivity contribution in [2.75, 3.05) is 18.2 Å². The van der Waals surface area contributed by atoms with E-state index in [1.165, 1.54) is 13.2 Å². The largest absolute Gasteiger partial charge is 0.495 e. The van der Waals surface area contributed by atoms with Crippen molar-refractivity contribution in [3.8, 4) is 5.75 Å². The van der Waals surface area contributed by atoms with Crippen molar-refractivity contribution in [1.82, 2.24) is 0 Å². The van der Waals surface area contributed by atoms with Gasteiger partial charge in [-0.1, -0.05) is 11.6 Å². The molecule has 104 valence electrons. The smallest absolute Gasteiger partial charge is 0.255 e. The molecule has 0 aromatic heterocycles. The first-order chi connectivity index (χ1) is 9.49. The van der Waals surface area contributed by atoms with Crippen LogP contribution in [-0.2, 0) is 0 Å². The van der Waals surface area contributed by atoms with Gasteiger partial charge in [-0.3, -0.25) is 4.79 Å². The number of hydrogen-bond acceptors (Lipinski definition) is 3. The Hall–Kier alpha value is -2.27. The first-order valence-electron chi connectivity index (χ1n) is 5.70. The van der Waals surface area contributed by atoms with Gasteiger partial charge in [0.15, 0.2) is 0 Å². The Morgan fingerprint density at radius 2 is 2.05 bits per heavy atom. The Morgan fingerprint density at radius 3 is 2.70 bits per heavy atom. The average molecular weight is 295 g/mol. The molecule has 0 aliphatic carbocycles. The van der Waals surface area contributed by atoms with Gasteiger partial charge in [0, 0.05) is 23.0 Å². The minimum atomic E-state index is -0.566. The second kappa shape index (κ2) is 5.79. The first-order valence-corrected chi connectivity index (χ1v) is 6.08. The molecule has 0 bridgehead atoms. The maximum Gasteiger partial charge on any atom is 0.255 e. The second-order valence-electron chi connectivity index (χ2n) is 4.08. The van der Waals surface area contributed by atoms with E-state index in [0.29, 0.717) is 16.5 Å². The summed E-state index contributed by atoms with van der Waals surface area (Å²) in [6.07, 6.45) is 0. The van der Waals surface area contributed by atoms with Crippen molar-refractivity contribution < 1.29 is 13.9 Å². The number of anilines is 2. The van der Waals surface area contributed by atoms with Gasteiger partial charge in [0.1, 0.15) is 11.6 Å². The number of rotatable bonds is 3. The fourth-order valence-electron chi connectivity index (χ4n) is 1.68. The summed E-state index contributed by atoms with van der Waals surface area (Å²) in [5.41, 5.74) is 6.30. The molecule has 0 spiro atoms. The van der Waals surface area contributed by atoms with E-state index >= 15 is 0 Å². The topological polar surface area (TPSA) is 64.3 Å². The molecule has 0 fully saturated rings. The lowest BCUT2D eigenvalue weighted by atomic mass is 10.1. The monoisotopic (exact) mass is 294 g/mol. The zero-order valence-electron chi connectivity index (χ0n) is 10.6. The highest BCUT2D eigenvalue weighted by atomic mass is 35.5. The first kappa shape index (κ1) is 14.1. The van der Waals surface area contributed by atoms with Crippen LogP contribution in [0, 0.1) is 5.82 Å². The lowest BCUT2D eigenvalue weighted by molar-refractivity contribution is 0.102. The van der Waals surface area contributed by atoms with E-state index in [1.54, 1.807) is 18.2 Å². The molecular formula is C14H12ClFN2O2. The van der Waals surface area contributed by atoms with Crippen LogP contribution in [0.2, 0.25) is 5.02 Å². The minimum Gasteiger partial charge on any atom is -0.495 e. The summed E-state index contributed by atoms with van der Waals surface area (Å²) >= 11 is 5.89. The third-order valence-corrected chi connectivity index (χ3v) is 2.90. The van der Waals surface area contributed by atoms with Crippen molar-refractivity contribution in [3.63, 3.8) is 0 Å². The summed E-state index contributed by atoms with van der Waals surface area (Å²) in [7, 11) is 1.47. The zero-order valence-corrected chi connectivity index (χ0v) is 11.4. The molecule has 1 amide bonds. The Balaban J connectivity index is 2.23. The van der Waals surface area contributed by atoms with Crippen LogP contribution in [0.5, 0.6) is 5.75 Å². The Labute approximate surface area is 120 Å². The maximum absolute atomic E-state index is 13.2. The fraction of sp³-hybridized carbons (Fsp3) is 0.0714. The summed E-state index contributed by atoms with van der Waals surface area (Å²) in [5.74, 6) is -0.604. The molecule has 0 atom stereocenters. The van der Waals surface area contributed by atoms with Crippen LogP contribution in [0.1, 0.15) is 10.4 Å². The average Bonchev–Trinajstić information content (AvgIpc) is 2.39. The predicted octanol–water partition coefficient (Wildman–Crippen LogP) is 3.32. The molecular weight excluding hydrogens is 283 g/mol. The number of carbonyl (C=O) groups is 1. The molecule has 0 aliphatic heterocycles. The molecule has 0 saturated carbocycles. The van der Waals surface area contributed by atoms with Crippen LogP contribution in [-0.4, -0.2) is 13.0 Å². The molecule has 2 aromatic carbocycles. The molecule has 2 aromatic rings. The van der Waals surface area contributed by atoms with Crippen molar-refractivity contribution >= 4 is 28.9 Å². The zero-order chi connectivity index (χ0) is 14.7. The predicted molar refractivity (Wildman–Crippen MR) is 76.8 cm³/mol. The highest BCUT2D eigenvalue weighted by molar-refractivity contribution is 6.32. The van der Waals surface area contributed by atoms with E-state index in [4.69, 9.17) is 22.1 Å². The molecule has 0 unspecified atom stereocenters. The molecule has 0 radical (unpaired) electrons. The summed E-state index contributed by atoms with van der Waals surface area (Å²) in [5, 5.41) is 3.05. The van der Waals surface area contributed by atoms with Crippen LogP contribution >= 0.6 is 11.6 Å². The Morgan fingerprint density at radius 1 is 1.30 bits per heavy atom. The van der Waals surface area contributed by atoms with Gasteiger partial charge in [-0.15, -0.1) is 0 Å². The number of benzene rings is 2. The van der Waals surface area contributed by atoms with Crippen molar-refractivity contribution in [2.45, 2.75) is 0 Å². The van der Waals surface area contributed by atoms with Crippen LogP contribution in [0.4, 0.5) is 15.8 Å². The van der Waals surface area contributed by atoms with E-state index < -0.39 is 11.7 Å². The van der Waals surface area contributed by atoms with Gasteiger partial charge >= 0.3 is 0 Å². The molecule has 20 heavy (non-hydrogen) atoms. The lowest BCUT2D eigenvalue weighted by Crippen LogP contribution is -2.12. The molecule has 0 saturated heterocycles. The van der Waals surface area contributed by atoms with Gasteiger partial charge in [0.2, 0.25) is 0 Å². The Kier molecular flexibility index (Phi) is 4.10. The summed E-state index contributed by atoms with van der Waals surface area (Å²) in [6.45, 7) is 0. The van der Waals surface area contributed by atoms with Crippen LogP contribution in [0.3, 0.4) is 0 Å². The van der Waals surface area contributed by atoms with E-state index in [-0.39, 0.29) is 11.3 Å². The molecule has 0 aliphatic rings. The molecule has 3 N–H and O–H groups in total. The lowest BCUT2D eigenvalue weighted by Gasteiger charge is -2.09. The number of hydrogen-bond donors (Lipinski definition) is 2.